The van der Waals surface area contributed by atoms with Crippen LogP contribution in [0.15, 0.2) is 40.3 Å². The summed E-state index contributed by atoms with van der Waals surface area (Å²) in [5, 5.41) is 5.42. The molecule has 100 valence electrons. The lowest BCUT2D eigenvalue weighted by molar-refractivity contribution is 0.100. The molecule has 2 aromatic heterocycles. The molecule has 0 aliphatic carbocycles. The van der Waals surface area contributed by atoms with Crippen LogP contribution in [-0.2, 0) is 0 Å². The van der Waals surface area contributed by atoms with E-state index in [9.17, 15) is 9.59 Å². The van der Waals surface area contributed by atoms with Crippen molar-refractivity contribution in [2.75, 3.05) is 5.32 Å². The molecule has 3 aromatic rings. The number of carbonyl (C=O) groups excluding carboxylic acids is 2. The maximum atomic E-state index is 12.2. The topological polar surface area (TPSA) is 72.2 Å². The minimum Gasteiger partial charge on any atom is -0.463 e. The number of rotatable bonds is 3. The second-order valence-corrected chi connectivity index (χ2v) is 5.05. The van der Waals surface area contributed by atoms with Crippen molar-refractivity contribution in [3.63, 3.8) is 0 Å². The van der Waals surface area contributed by atoms with Crippen LogP contribution in [0.25, 0.3) is 11.0 Å². The van der Waals surface area contributed by atoms with E-state index < -0.39 is 0 Å². The molecule has 3 rings (SSSR count). The van der Waals surface area contributed by atoms with Crippen LogP contribution in [0.2, 0.25) is 0 Å². The Balaban J connectivity index is 1.87. The molecule has 20 heavy (non-hydrogen) atoms. The van der Waals surface area contributed by atoms with Gasteiger partial charge >= 0.3 is 0 Å². The predicted octanol–water partition coefficient (Wildman–Crippen LogP) is 3.34. The number of hydrogen-bond acceptors (Lipinski definition) is 5. The minimum absolute atomic E-state index is 0.129. The number of thiazole rings is 1. The van der Waals surface area contributed by atoms with Crippen molar-refractivity contribution < 1.29 is 14.0 Å². The molecule has 1 amide bonds. The molecule has 0 fully saturated rings. The Hall–Kier alpha value is -2.47. The lowest BCUT2D eigenvalue weighted by atomic mass is 10.2. The van der Waals surface area contributed by atoms with Gasteiger partial charge in [-0.1, -0.05) is 18.2 Å². The summed E-state index contributed by atoms with van der Waals surface area (Å²) >= 11 is 1.21. The maximum absolute atomic E-state index is 12.2. The highest BCUT2D eigenvalue weighted by atomic mass is 32.1. The fourth-order valence-electron chi connectivity index (χ4n) is 1.81. The van der Waals surface area contributed by atoms with Gasteiger partial charge < -0.3 is 4.42 Å². The molecule has 1 N–H and O–H groups in total. The molecule has 0 bridgehead atoms. The van der Waals surface area contributed by atoms with E-state index >= 15 is 0 Å². The summed E-state index contributed by atoms with van der Waals surface area (Å²) in [4.78, 5) is 27.4. The Bertz CT molecular complexity index is 803. The molecule has 0 radical (unpaired) electrons. The van der Waals surface area contributed by atoms with Crippen molar-refractivity contribution in [2.45, 2.75) is 6.92 Å². The number of hydrogen-bond donors (Lipinski definition) is 1. The molecule has 0 spiro atoms. The fourth-order valence-corrected chi connectivity index (χ4v) is 2.56. The lowest BCUT2D eigenvalue weighted by Crippen LogP contribution is -2.11. The van der Waals surface area contributed by atoms with Gasteiger partial charge in [0.2, 0.25) is 0 Å². The highest BCUT2D eigenvalue weighted by molar-refractivity contribution is 7.14. The van der Waals surface area contributed by atoms with Gasteiger partial charge in [0.25, 0.3) is 5.91 Å². The SMILES string of the molecule is CC(=O)c1csc(NC(=O)c2coc3ccccc23)n1. The van der Waals surface area contributed by atoms with E-state index in [-0.39, 0.29) is 11.7 Å². The number of amides is 1. The normalized spacial score (nSPS) is 10.7. The number of fused-ring (bicyclic) bond motifs is 1. The molecule has 0 saturated heterocycles. The molecule has 6 heteroatoms. The molecule has 1 aromatic carbocycles. The smallest absolute Gasteiger partial charge is 0.261 e. The number of benzene rings is 1. The van der Waals surface area contributed by atoms with E-state index in [1.165, 1.54) is 24.5 Å². The summed E-state index contributed by atoms with van der Waals surface area (Å²) in [5.41, 5.74) is 1.45. The number of carbonyl (C=O) groups is 2. The van der Waals surface area contributed by atoms with Crippen molar-refractivity contribution >= 4 is 39.1 Å². The minimum atomic E-state index is -0.306. The fraction of sp³-hybridized carbons (Fsp3) is 0.0714. The van der Waals surface area contributed by atoms with Crippen LogP contribution in [0, 0.1) is 0 Å². The van der Waals surface area contributed by atoms with Gasteiger partial charge in [-0.3, -0.25) is 14.9 Å². The Morgan fingerprint density at radius 3 is 2.85 bits per heavy atom. The zero-order valence-electron chi connectivity index (χ0n) is 10.5. The van der Waals surface area contributed by atoms with Crippen molar-refractivity contribution in [1.82, 2.24) is 4.98 Å². The number of ketones is 1. The van der Waals surface area contributed by atoms with Crippen LogP contribution >= 0.6 is 11.3 Å². The maximum Gasteiger partial charge on any atom is 0.261 e. The average Bonchev–Trinajstić information content (AvgIpc) is 3.04. The number of furan rings is 1. The number of para-hydroxylation sites is 1. The summed E-state index contributed by atoms with van der Waals surface area (Å²) in [7, 11) is 0. The first-order valence-corrected chi connectivity index (χ1v) is 6.77. The second kappa shape index (κ2) is 4.90. The number of anilines is 1. The Morgan fingerprint density at radius 1 is 1.30 bits per heavy atom. The summed E-state index contributed by atoms with van der Waals surface area (Å²) < 4.78 is 5.32. The van der Waals surface area contributed by atoms with E-state index in [0.29, 0.717) is 22.0 Å². The van der Waals surface area contributed by atoms with E-state index in [4.69, 9.17) is 4.42 Å². The van der Waals surface area contributed by atoms with Gasteiger partial charge in [0, 0.05) is 17.7 Å². The third-order valence-corrected chi connectivity index (χ3v) is 3.57. The first-order valence-electron chi connectivity index (χ1n) is 5.89. The summed E-state index contributed by atoms with van der Waals surface area (Å²) in [6.07, 6.45) is 1.42. The van der Waals surface area contributed by atoms with E-state index in [0.717, 1.165) is 5.39 Å². The van der Waals surface area contributed by atoms with Crippen LogP contribution in [0.3, 0.4) is 0 Å². The lowest BCUT2D eigenvalue weighted by Gasteiger charge is -1.98. The number of nitrogens with zero attached hydrogens (tertiary/aromatic N) is 1. The van der Waals surface area contributed by atoms with E-state index in [1.54, 1.807) is 11.4 Å². The monoisotopic (exact) mass is 286 g/mol. The first-order chi connectivity index (χ1) is 9.65. The summed E-state index contributed by atoms with van der Waals surface area (Å²) in [5.74, 6) is -0.435. The van der Waals surface area contributed by atoms with Crippen molar-refractivity contribution in [3.05, 3.63) is 47.2 Å². The quantitative estimate of drug-likeness (QED) is 0.749. The number of nitrogens with one attached hydrogen (secondary N) is 1. The van der Waals surface area contributed by atoms with E-state index in [2.05, 4.69) is 10.3 Å². The van der Waals surface area contributed by atoms with Crippen LogP contribution < -0.4 is 5.32 Å². The Labute approximate surface area is 118 Å². The average molecular weight is 286 g/mol. The van der Waals surface area contributed by atoms with Crippen molar-refractivity contribution in [2.24, 2.45) is 0 Å². The van der Waals surface area contributed by atoms with Crippen LogP contribution in [0.1, 0.15) is 27.8 Å². The third kappa shape index (κ3) is 2.21. The summed E-state index contributed by atoms with van der Waals surface area (Å²) in [6.45, 7) is 1.43. The molecular weight excluding hydrogens is 276 g/mol. The molecular formula is C14H10N2O3S. The van der Waals surface area contributed by atoms with Crippen molar-refractivity contribution in [1.29, 1.82) is 0 Å². The third-order valence-electron chi connectivity index (χ3n) is 2.81. The van der Waals surface area contributed by atoms with Crippen LogP contribution in [0.5, 0.6) is 0 Å². The van der Waals surface area contributed by atoms with E-state index in [1.807, 2.05) is 18.2 Å². The Morgan fingerprint density at radius 2 is 2.10 bits per heavy atom. The molecule has 5 nitrogen and oxygen atoms in total. The standard InChI is InChI=1S/C14H10N2O3S/c1-8(17)11-7-20-14(15-11)16-13(18)10-6-19-12-5-3-2-4-9(10)12/h2-7H,1H3,(H,15,16,18). The molecule has 0 saturated carbocycles. The second-order valence-electron chi connectivity index (χ2n) is 4.19. The number of aromatic nitrogens is 1. The van der Waals surface area contributed by atoms with Gasteiger partial charge in [-0.25, -0.2) is 4.98 Å². The molecule has 0 aliphatic rings. The zero-order chi connectivity index (χ0) is 14.1. The van der Waals surface area contributed by atoms with Gasteiger partial charge in [0.15, 0.2) is 10.9 Å². The van der Waals surface area contributed by atoms with Crippen molar-refractivity contribution in [3.8, 4) is 0 Å². The molecule has 0 unspecified atom stereocenters. The summed E-state index contributed by atoms with van der Waals surface area (Å²) in [6, 6.07) is 7.29. The van der Waals surface area contributed by atoms with Gasteiger partial charge in [-0.05, 0) is 6.07 Å². The first kappa shape index (κ1) is 12.6. The zero-order valence-corrected chi connectivity index (χ0v) is 11.4. The largest absolute Gasteiger partial charge is 0.463 e. The highest BCUT2D eigenvalue weighted by Crippen LogP contribution is 2.23. The van der Waals surface area contributed by atoms with Crippen LogP contribution in [0.4, 0.5) is 5.13 Å². The van der Waals surface area contributed by atoms with Crippen LogP contribution in [-0.4, -0.2) is 16.7 Å². The molecule has 0 aliphatic heterocycles. The van der Waals surface area contributed by atoms with Gasteiger partial charge in [0.1, 0.15) is 17.5 Å². The predicted molar refractivity (Wildman–Crippen MR) is 76.3 cm³/mol. The number of Topliss-reactive ketones (excluding diaryl/α,β-unsaturated/α-hetero) is 1. The Kier molecular flexibility index (Phi) is 3.08. The highest BCUT2D eigenvalue weighted by Gasteiger charge is 2.15. The van der Waals surface area contributed by atoms with Gasteiger partial charge in [0.05, 0.1) is 5.56 Å². The molecule has 0 atom stereocenters. The van der Waals surface area contributed by atoms with Gasteiger partial charge in [-0.2, -0.15) is 0 Å². The molecule has 2 heterocycles. The van der Waals surface area contributed by atoms with Gasteiger partial charge in [-0.15, -0.1) is 11.3 Å².